The summed E-state index contributed by atoms with van der Waals surface area (Å²) >= 11 is 6.07. The van der Waals surface area contributed by atoms with Crippen molar-refractivity contribution in [3.05, 3.63) is 34.9 Å². The lowest BCUT2D eigenvalue weighted by Gasteiger charge is -2.44. The molecule has 31 heavy (non-hydrogen) atoms. The molecule has 0 aromatic heterocycles. The Kier molecular flexibility index (Phi) is 8.31. The van der Waals surface area contributed by atoms with Crippen LogP contribution in [-0.4, -0.2) is 41.3 Å². The maximum absolute atomic E-state index is 13.5. The summed E-state index contributed by atoms with van der Waals surface area (Å²) < 4.78 is 40.4. The Labute approximate surface area is 188 Å². The fourth-order valence-electron chi connectivity index (χ4n) is 5.50. The Morgan fingerprint density at radius 3 is 2.35 bits per heavy atom. The maximum Gasteiger partial charge on any atom is 0.392 e. The smallest absolute Gasteiger partial charge is 0.392 e. The van der Waals surface area contributed by atoms with Gasteiger partial charge < -0.3 is 5.11 Å². The van der Waals surface area contributed by atoms with Crippen LogP contribution >= 0.6 is 11.6 Å². The summed E-state index contributed by atoms with van der Waals surface area (Å²) in [7, 11) is 0. The lowest BCUT2D eigenvalue weighted by molar-refractivity contribution is -0.176. The van der Waals surface area contributed by atoms with Crippen molar-refractivity contribution in [1.29, 1.82) is 0 Å². The maximum atomic E-state index is 13.5. The first-order valence-corrected chi connectivity index (χ1v) is 11.8. The second-order valence-corrected chi connectivity index (χ2v) is 9.99. The van der Waals surface area contributed by atoms with E-state index in [9.17, 15) is 23.1 Å². The molecule has 2 fully saturated rings. The lowest BCUT2D eigenvalue weighted by Crippen LogP contribution is -2.48. The summed E-state index contributed by atoms with van der Waals surface area (Å²) in [5.74, 6) is -1.70. The summed E-state index contributed by atoms with van der Waals surface area (Å²) in [6.07, 6.45) is 2.50. The number of carboxylic acids is 1. The molecule has 7 heteroatoms. The third-order valence-electron chi connectivity index (χ3n) is 7.19. The van der Waals surface area contributed by atoms with Crippen molar-refractivity contribution in [3.8, 4) is 0 Å². The molecule has 0 radical (unpaired) electrons. The van der Waals surface area contributed by atoms with Gasteiger partial charge in [0.1, 0.15) is 0 Å². The molecule has 2 saturated carbocycles. The molecular weight excluding hydrogens is 427 g/mol. The number of halogens is 4. The Morgan fingerprint density at radius 1 is 1.13 bits per heavy atom. The van der Waals surface area contributed by atoms with Gasteiger partial charge in [0, 0.05) is 30.6 Å². The summed E-state index contributed by atoms with van der Waals surface area (Å²) in [6.45, 7) is 1.96. The molecule has 1 unspecified atom stereocenters. The lowest BCUT2D eigenvalue weighted by atomic mass is 9.72. The zero-order chi connectivity index (χ0) is 22.6. The topological polar surface area (TPSA) is 40.5 Å². The minimum Gasteiger partial charge on any atom is -0.481 e. The number of hydrogen-bond donors (Lipinski definition) is 1. The first-order chi connectivity index (χ1) is 14.6. The van der Waals surface area contributed by atoms with Crippen LogP contribution in [0.2, 0.25) is 5.02 Å². The van der Waals surface area contributed by atoms with Gasteiger partial charge in [0.05, 0.1) is 5.92 Å². The molecule has 4 atom stereocenters. The third-order valence-corrected chi connectivity index (χ3v) is 7.44. The predicted molar refractivity (Wildman–Crippen MR) is 116 cm³/mol. The number of nitrogens with zero attached hydrogens (tertiary/aromatic N) is 1. The second kappa shape index (κ2) is 10.6. The van der Waals surface area contributed by atoms with Crippen LogP contribution in [0.25, 0.3) is 0 Å². The van der Waals surface area contributed by atoms with E-state index in [1.54, 1.807) is 0 Å². The zero-order valence-corrected chi connectivity index (χ0v) is 18.8. The number of aliphatic carboxylic acids is 1. The van der Waals surface area contributed by atoms with Gasteiger partial charge in [0.15, 0.2) is 0 Å². The van der Waals surface area contributed by atoms with Crippen molar-refractivity contribution >= 4 is 17.6 Å². The highest BCUT2D eigenvalue weighted by atomic mass is 35.5. The van der Waals surface area contributed by atoms with Gasteiger partial charge in [-0.15, -0.1) is 0 Å². The highest BCUT2D eigenvalue weighted by molar-refractivity contribution is 6.30. The molecule has 1 aromatic carbocycles. The van der Waals surface area contributed by atoms with E-state index in [-0.39, 0.29) is 30.8 Å². The quantitative estimate of drug-likeness (QED) is 0.467. The van der Waals surface area contributed by atoms with E-state index in [1.807, 2.05) is 24.3 Å². The summed E-state index contributed by atoms with van der Waals surface area (Å²) in [4.78, 5) is 13.4. The standard InChI is InChI=1S/C24H33ClF3NO2/c1-16(24(26,27)28)14-29(15-17-4-2-3-5-17)22-11-6-18(13-23(30)31)12-21(22)19-7-9-20(25)10-8-19/h7-10,16-18,21-22H,2-6,11-15H2,1H3,(H,30,31)/t16?,18-,21+,22-/m1/s1. The number of carbonyl (C=O) groups is 1. The summed E-state index contributed by atoms with van der Waals surface area (Å²) in [5, 5.41) is 9.90. The Bertz CT molecular complexity index is 719. The predicted octanol–water partition coefficient (Wildman–Crippen LogP) is 6.76. The van der Waals surface area contributed by atoms with Crippen LogP contribution in [0, 0.1) is 17.8 Å². The molecule has 1 aromatic rings. The SMILES string of the molecule is CC(CN(CC1CCCC1)[C@@H]1CC[C@@H](CC(=O)O)C[C@H]1c1ccc(Cl)cc1)C(F)(F)F. The summed E-state index contributed by atoms with van der Waals surface area (Å²) in [6, 6.07) is 7.51. The number of carboxylic acid groups (broad SMARTS) is 1. The fraction of sp³-hybridized carbons (Fsp3) is 0.708. The summed E-state index contributed by atoms with van der Waals surface area (Å²) in [5.41, 5.74) is 1.04. The zero-order valence-electron chi connectivity index (χ0n) is 18.1. The van der Waals surface area contributed by atoms with Crippen LogP contribution in [-0.2, 0) is 4.79 Å². The molecule has 0 heterocycles. The fourth-order valence-corrected chi connectivity index (χ4v) is 5.63. The monoisotopic (exact) mass is 459 g/mol. The third kappa shape index (κ3) is 6.85. The number of rotatable bonds is 8. The van der Waals surface area contributed by atoms with Crippen LogP contribution in [0.4, 0.5) is 13.2 Å². The molecule has 0 amide bonds. The minimum absolute atomic E-state index is 0.00163. The Morgan fingerprint density at radius 2 is 1.77 bits per heavy atom. The minimum atomic E-state index is -4.22. The molecule has 0 aliphatic heterocycles. The van der Waals surface area contributed by atoms with Gasteiger partial charge in [-0.1, -0.05) is 43.5 Å². The van der Waals surface area contributed by atoms with Gasteiger partial charge in [-0.3, -0.25) is 9.69 Å². The van der Waals surface area contributed by atoms with E-state index in [0.29, 0.717) is 23.9 Å². The molecule has 2 aliphatic carbocycles. The average molecular weight is 460 g/mol. The van der Waals surface area contributed by atoms with Crippen LogP contribution < -0.4 is 0 Å². The van der Waals surface area contributed by atoms with Crippen molar-refractivity contribution in [2.45, 2.75) is 76.4 Å². The first kappa shape index (κ1) is 24.4. The second-order valence-electron chi connectivity index (χ2n) is 9.55. The van der Waals surface area contributed by atoms with E-state index >= 15 is 0 Å². The van der Waals surface area contributed by atoms with E-state index in [4.69, 9.17) is 11.6 Å². The van der Waals surface area contributed by atoms with Gasteiger partial charge in [0.2, 0.25) is 0 Å². The normalized spacial score (nSPS) is 26.3. The Hall–Kier alpha value is -1.27. The molecule has 0 bridgehead atoms. The Balaban J connectivity index is 1.86. The van der Waals surface area contributed by atoms with Crippen molar-refractivity contribution in [3.63, 3.8) is 0 Å². The number of hydrogen-bond acceptors (Lipinski definition) is 2. The van der Waals surface area contributed by atoms with Gasteiger partial charge >= 0.3 is 12.1 Å². The van der Waals surface area contributed by atoms with E-state index in [1.165, 1.54) is 6.92 Å². The van der Waals surface area contributed by atoms with E-state index < -0.39 is 18.1 Å². The van der Waals surface area contributed by atoms with Gasteiger partial charge in [-0.2, -0.15) is 13.2 Å². The van der Waals surface area contributed by atoms with Gasteiger partial charge in [0.25, 0.3) is 0 Å². The van der Waals surface area contributed by atoms with Crippen LogP contribution in [0.5, 0.6) is 0 Å². The molecule has 2 aliphatic rings. The van der Waals surface area contributed by atoms with Crippen molar-refractivity contribution < 1.29 is 23.1 Å². The van der Waals surface area contributed by atoms with Crippen LogP contribution in [0.3, 0.4) is 0 Å². The average Bonchev–Trinajstić information content (AvgIpc) is 3.20. The van der Waals surface area contributed by atoms with Crippen LogP contribution in [0.15, 0.2) is 24.3 Å². The molecule has 0 spiro atoms. The molecule has 174 valence electrons. The molecule has 0 saturated heterocycles. The van der Waals surface area contributed by atoms with Crippen molar-refractivity contribution in [2.24, 2.45) is 17.8 Å². The first-order valence-electron chi connectivity index (χ1n) is 11.4. The van der Waals surface area contributed by atoms with Crippen molar-refractivity contribution in [1.82, 2.24) is 4.90 Å². The van der Waals surface area contributed by atoms with E-state index in [2.05, 4.69) is 4.90 Å². The highest BCUT2D eigenvalue weighted by Gasteiger charge is 2.42. The van der Waals surface area contributed by atoms with Gasteiger partial charge in [-0.25, -0.2) is 0 Å². The number of alkyl halides is 3. The molecule has 1 N–H and O–H groups in total. The highest BCUT2D eigenvalue weighted by Crippen LogP contribution is 2.42. The molecule has 3 rings (SSSR count). The van der Waals surface area contributed by atoms with Crippen molar-refractivity contribution in [2.75, 3.05) is 13.1 Å². The van der Waals surface area contributed by atoms with Gasteiger partial charge in [-0.05, 0) is 67.6 Å². The van der Waals surface area contributed by atoms with Crippen LogP contribution in [0.1, 0.15) is 69.8 Å². The van der Waals surface area contributed by atoms with E-state index in [0.717, 1.165) is 44.1 Å². The number of benzene rings is 1. The largest absolute Gasteiger partial charge is 0.481 e. The molecular formula is C24H33ClF3NO2. The molecule has 3 nitrogen and oxygen atoms in total.